The Morgan fingerprint density at radius 1 is 0.727 bits per heavy atom. The van der Waals surface area contributed by atoms with Crippen molar-refractivity contribution in [3.8, 4) is 11.8 Å². The second kappa shape index (κ2) is 15.8. The van der Waals surface area contributed by atoms with E-state index < -0.39 is 31.7 Å². The summed E-state index contributed by atoms with van der Waals surface area (Å²) in [6, 6.07) is 0. The first-order valence-corrected chi connectivity index (χ1v) is 8.84. The summed E-state index contributed by atoms with van der Waals surface area (Å²) in [4.78, 5) is 0. The molecule has 0 aromatic rings. The van der Waals surface area contributed by atoms with E-state index in [0.717, 1.165) is 0 Å². The average molecular weight is 374 g/mol. The molecule has 0 saturated heterocycles. The summed E-state index contributed by atoms with van der Waals surface area (Å²) in [6.45, 7) is 0.408. The molecule has 0 amide bonds. The van der Waals surface area contributed by atoms with Crippen LogP contribution in [0.1, 0.15) is 12.8 Å². The first kappa shape index (κ1) is 28.1. The molecule has 22 heavy (non-hydrogen) atoms. The Kier molecular flexibility index (Phi) is 20.2. The van der Waals surface area contributed by atoms with Crippen LogP contribution >= 0.6 is 0 Å². The molecule has 0 radical (unpaired) electrons. The summed E-state index contributed by atoms with van der Waals surface area (Å²) in [5.74, 6) is 4.24. The number of ether oxygens (including phenoxy) is 2. The van der Waals surface area contributed by atoms with Crippen LogP contribution in [0.5, 0.6) is 0 Å². The number of rotatable bonds is 10. The Hall–Kier alpha value is 1.30. The van der Waals surface area contributed by atoms with Gasteiger partial charge in [-0.25, -0.2) is 16.8 Å². The zero-order chi connectivity index (χ0) is 15.5. The van der Waals surface area contributed by atoms with E-state index in [1.54, 1.807) is 0 Å². The molecule has 0 rings (SSSR count). The third-order valence-electron chi connectivity index (χ3n) is 1.84. The second-order valence-corrected chi connectivity index (χ2v) is 6.74. The second-order valence-electron chi connectivity index (χ2n) is 3.69. The Balaban J connectivity index is -0.00000180. The van der Waals surface area contributed by atoms with E-state index in [4.69, 9.17) is 9.47 Å². The molecule has 0 saturated carbocycles. The summed E-state index contributed by atoms with van der Waals surface area (Å²) in [5.41, 5.74) is 0. The van der Waals surface area contributed by atoms with E-state index in [2.05, 4.69) is 11.8 Å². The molecule has 0 atom stereocenters. The molecule has 0 heterocycles. The monoisotopic (exact) mass is 374 g/mol. The maximum Gasteiger partial charge on any atom is 1.00 e. The van der Waals surface area contributed by atoms with Gasteiger partial charge >= 0.3 is 59.1 Å². The molecule has 0 aliphatic carbocycles. The van der Waals surface area contributed by atoms with Crippen molar-refractivity contribution in [2.75, 3.05) is 37.9 Å². The van der Waals surface area contributed by atoms with Crippen molar-refractivity contribution >= 4 is 20.2 Å². The standard InChI is InChI=1S/C10H18O8S2.2Na/c11-19(12,13)9-3-7-17-5-1-2-6-18-8-4-10-20(14,15)16;;/h3-10H2,(H,11,12,13)(H,14,15,16);;/q;2*+1/p-2. The largest absolute Gasteiger partial charge is 1.00 e. The van der Waals surface area contributed by atoms with E-state index in [9.17, 15) is 25.9 Å². The maximum atomic E-state index is 10.2. The van der Waals surface area contributed by atoms with Gasteiger partial charge in [0.1, 0.15) is 13.2 Å². The average Bonchev–Trinajstić information content (AvgIpc) is 2.27. The van der Waals surface area contributed by atoms with E-state index in [-0.39, 0.29) is 98.4 Å². The molecule has 0 fully saturated rings. The van der Waals surface area contributed by atoms with E-state index >= 15 is 0 Å². The molecule has 0 unspecified atom stereocenters. The molecular weight excluding hydrogens is 358 g/mol. The topological polar surface area (TPSA) is 133 Å². The fourth-order valence-electron chi connectivity index (χ4n) is 1.02. The third kappa shape index (κ3) is 26.2. The van der Waals surface area contributed by atoms with Crippen molar-refractivity contribution in [3.63, 3.8) is 0 Å². The van der Waals surface area contributed by atoms with Gasteiger partial charge < -0.3 is 18.6 Å². The maximum absolute atomic E-state index is 10.2. The van der Waals surface area contributed by atoms with Crippen LogP contribution in [0.25, 0.3) is 0 Å². The molecular formula is C10H16Na2O8S2. The third-order valence-corrected chi connectivity index (χ3v) is 3.42. The van der Waals surface area contributed by atoms with Gasteiger partial charge in [-0.2, -0.15) is 0 Å². The SMILES string of the molecule is O=S(=O)([O-])CCCOCC#CCOCCCS(=O)(=O)[O-].[Na+].[Na+]. The van der Waals surface area contributed by atoms with Crippen LogP contribution in [0.3, 0.4) is 0 Å². The van der Waals surface area contributed by atoms with Gasteiger partial charge in [-0.3, -0.25) is 0 Å². The fourth-order valence-corrected chi connectivity index (χ4v) is 1.97. The molecule has 12 heteroatoms. The van der Waals surface area contributed by atoms with Gasteiger partial charge in [-0.15, -0.1) is 0 Å². The zero-order valence-corrected chi connectivity index (χ0v) is 18.4. The van der Waals surface area contributed by atoms with Gasteiger partial charge in [-0.05, 0) is 12.8 Å². The van der Waals surface area contributed by atoms with Gasteiger partial charge in [0.15, 0.2) is 0 Å². The zero-order valence-electron chi connectivity index (χ0n) is 12.7. The normalized spacial score (nSPS) is 10.8. The smallest absolute Gasteiger partial charge is 0.748 e. The van der Waals surface area contributed by atoms with Crippen molar-refractivity contribution in [2.45, 2.75) is 12.8 Å². The Morgan fingerprint density at radius 3 is 1.32 bits per heavy atom. The van der Waals surface area contributed by atoms with Crippen LogP contribution in [0.4, 0.5) is 0 Å². The molecule has 0 bridgehead atoms. The minimum atomic E-state index is -4.20. The van der Waals surface area contributed by atoms with Crippen molar-refractivity contribution in [1.29, 1.82) is 0 Å². The van der Waals surface area contributed by atoms with Gasteiger partial charge in [0.25, 0.3) is 0 Å². The molecule has 0 aromatic heterocycles. The Morgan fingerprint density at radius 2 is 1.05 bits per heavy atom. The number of hydrogen-bond acceptors (Lipinski definition) is 8. The summed E-state index contributed by atoms with van der Waals surface area (Å²) < 4.78 is 71.3. The minimum Gasteiger partial charge on any atom is -0.748 e. The Bertz CT molecular complexity index is 475. The summed E-state index contributed by atoms with van der Waals surface area (Å²) >= 11 is 0. The predicted molar refractivity (Wildman–Crippen MR) is 67.8 cm³/mol. The van der Waals surface area contributed by atoms with Crippen LogP contribution in [0.2, 0.25) is 0 Å². The molecule has 0 spiro atoms. The summed E-state index contributed by atoms with van der Waals surface area (Å²) in [6.07, 6.45) is 0.237. The predicted octanol–water partition coefficient (Wildman–Crippen LogP) is -7.10. The molecule has 0 aliphatic rings. The molecule has 0 N–H and O–H groups in total. The van der Waals surface area contributed by atoms with Crippen molar-refractivity contribution in [1.82, 2.24) is 0 Å². The van der Waals surface area contributed by atoms with Crippen LogP contribution < -0.4 is 59.1 Å². The molecule has 0 aromatic carbocycles. The van der Waals surface area contributed by atoms with Gasteiger partial charge in [0, 0.05) is 24.7 Å². The van der Waals surface area contributed by atoms with Crippen molar-refractivity contribution in [3.05, 3.63) is 0 Å². The van der Waals surface area contributed by atoms with Crippen molar-refractivity contribution < 1.29 is 94.5 Å². The number of hydrogen-bond donors (Lipinski definition) is 0. The molecule has 0 aliphatic heterocycles. The van der Waals surface area contributed by atoms with Gasteiger partial charge in [-0.1, -0.05) is 11.8 Å². The van der Waals surface area contributed by atoms with E-state index in [0.29, 0.717) is 0 Å². The van der Waals surface area contributed by atoms with Crippen LogP contribution in [-0.4, -0.2) is 63.9 Å². The van der Waals surface area contributed by atoms with E-state index in [1.807, 2.05) is 0 Å². The van der Waals surface area contributed by atoms with Crippen LogP contribution in [0, 0.1) is 11.8 Å². The summed E-state index contributed by atoms with van der Waals surface area (Å²) in [5, 5.41) is 0. The van der Waals surface area contributed by atoms with E-state index in [1.165, 1.54) is 0 Å². The van der Waals surface area contributed by atoms with Crippen LogP contribution in [0.15, 0.2) is 0 Å². The van der Waals surface area contributed by atoms with Gasteiger partial charge in [0.05, 0.1) is 20.2 Å². The van der Waals surface area contributed by atoms with Crippen LogP contribution in [-0.2, 0) is 29.7 Å². The van der Waals surface area contributed by atoms with Gasteiger partial charge in [0.2, 0.25) is 0 Å². The molecule has 118 valence electrons. The summed E-state index contributed by atoms with van der Waals surface area (Å²) in [7, 11) is -8.39. The first-order chi connectivity index (χ1) is 9.21. The Labute approximate surface area is 175 Å². The quantitative estimate of drug-likeness (QED) is 0.159. The molecule has 8 nitrogen and oxygen atoms in total. The fraction of sp³-hybridized carbons (Fsp3) is 0.800. The minimum absolute atomic E-state index is 0. The first-order valence-electron chi connectivity index (χ1n) is 5.69. The van der Waals surface area contributed by atoms with Crippen molar-refractivity contribution in [2.24, 2.45) is 0 Å².